The van der Waals surface area contributed by atoms with Crippen LogP contribution in [0.1, 0.15) is 65.9 Å². The Bertz CT molecular complexity index is 4270. The van der Waals surface area contributed by atoms with Crippen LogP contribution in [0.5, 0.6) is 11.5 Å². The predicted octanol–water partition coefficient (Wildman–Crippen LogP) is 7.41. The zero-order valence-electron chi connectivity index (χ0n) is 48.6. The van der Waals surface area contributed by atoms with Gasteiger partial charge in [-0.15, -0.1) is 11.8 Å². The summed E-state index contributed by atoms with van der Waals surface area (Å²) < 4.78 is 28.5. The Kier molecular flexibility index (Phi) is 15.7. The van der Waals surface area contributed by atoms with Crippen molar-refractivity contribution in [3.05, 3.63) is 172 Å². The number of imide groups is 2. The summed E-state index contributed by atoms with van der Waals surface area (Å²) in [5.41, 5.74) is 2.53. The van der Waals surface area contributed by atoms with Gasteiger partial charge in [-0.3, -0.25) is 43.4 Å². The SMILES string of the molecule is COC(=O)c1cc2cccc(SCCC(=O)NCC(COc3cccc4c3C(O)C3C(=O)N(C(CNC(=O)Cc5ccc6ccc7cccc8ccc5c6c78)COc5cccc(C)c5C=O)C(=O)C3C4)N3C(=O)[C@@H]4[C@H](C3=O)[C@H]3C=C[C@@H]4O3)c2cc1C(=O)OC. The number of aliphatic hydroxyl groups is 1. The van der Waals surface area contributed by atoms with E-state index < -0.39 is 95.5 Å². The van der Waals surface area contributed by atoms with Gasteiger partial charge < -0.3 is 39.4 Å². The molecule has 0 aromatic heterocycles. The number of aliphatic hydroxyl groups excluding tert-OH is 1. The molecule has 3 fully saturated rings. The monoisotopic (exact) mass is 1220 g/mol. The van der Waals surface area contributed by atoms with Crippen molar-refractivity contribution in [2.75, 3.05) is 46.3 Å². The third kappa shape index (κ3) is 10.4. The third-order valence-electron chi connectivity index (χ3n) is 18.1. The number of thioether (sulfide) groups is 1. The number of likely N-dealkylation sites (tertiary alicyclic amines) is 2. The fourth-order valence-corrected chi connectivity index (χ4v) is 14.8. The summed E-state index contributed by atoms with van der Waals surface area (Å²) in [5, 5.41) is 25.9. The number of benzene rings is 8. The first-order chi connectivity index (χ1) is 43.1. The number of esters is 2. The fraction of sp³-hybridized carbons (Fsp3) is 0.290. The molecule has 13 rings (SSSR count). The molecule has 2 bridgehead atoms. The van der Waals surface area contributed by atoms with Gasteiger partial charge in [0.25, 0.3) is 0 Å². The smallest absolute Gasteiger partial charge is 0.338 e. The maximum atomic E-state index is 15.0. The van der Waals surface area contributed by atoms with Crippen LogP contribution in [0.2, 0.25) is 0 Å². The van der Waals surface area contributed by atoms with Crippen LogP contribution in [0.15, 0.2) is 138 Å². The molecule has 3 N–H and O–H groups in total. The van der Waals surface area contributed by atoms with Gasteiger partial charge in [0.05, 0.1) is 91.4 Å². The van der Waals surface area contributed by atoms with Crippen LogP contribution in [0.25, 0.3) is 43.1 Å². The molecule has 5 aliphatic rings. The summed E-state index contributed by atoms with van der Waals surface area (Å²) in [6.45, 7) is 0.672. The van der Waals surface area contributed by atoms with Gasteiger partial charge >= 0.3 is 11.9 Å². The second-order valence-corrected chi connectivity index (χ2v) is 24.2. The maximum absolute atomic E-state index is 15.0. The largest absolute Gasteiger partial charge is 0.491 e. The van der Waals surface area contributed by atoms with Crippen molar-refractivity contribution < 1.29 is 71.9 Å². The molecule has 9 atom stereocenters. The summed E-state index contributed by atoms with van der Waals surface area (Å²) in [4.78, 5) is 127. The van der Waals surface area contributed by atoms with Gasteiger partial charge in [0.1, 0.15) is 24.7 Å². The van der Waals surface area contributed by atoms with Crippen LogP contribution in [-0.4, -0.2) is 139 Å². The predicted molar refractivity (Wildman–Crippen MR) is 328 cm³/mol. The molecule has 452 valence electrons. The van der Waals surface area contributed by atoms with Crippen LogP contribution in [0, 0.1) is 30.6 Å². The third-order valence-corrected chi connectivity index (χ3v) is 19.2. The molecule has 0 saturated carbocycles. The highest BCUT2D eigenvalue weighted by molar-refractivity contribution is 7.99. The van der Waals surface area contributed by atoms with E-state index >= 15 is 0 Å². The number of hydrogen-bond donors (Lipinski definition) is 3. The van der Waals surface area contributed by atoms with Crippen molar-refractivity contribution in [3.8, 4) is 11.5 Å². The first-order valence-electron chi connectivity index (χ1n) is 29.4. The number of aryl methyl sites for hydroxylation is 1. The summed E-state index contributed by atoms with van der Waals surface area (Å²) in [6, 6.07) is 34.7. The van der Waals surface area contributed by atoms with Gasteiger partial charge in [0, 0.05) is 35.7 Å². The molecule has 4 aliphatic heterocycles. The van der Waals surface area contributed by atoms with E-state index in [0.29, 0.717) is 28.2 Å². The van der Waals surface area contributed by atoms with E-state index in [1.54, 1.807) is 79.7 Å². The molecule has 3 saturated heterocycles. The van der Waals surface area contributed by atoms with E-state index in [9.17, 15) is 48.3 Å². The molecular formula is C69H60N4O15S. The summed E-state index contributed by atoms with van der Waals surface area (Å²) in [5.74, 6) is -7.67. The van der Waals surface area contributed by atoms with Crippen molar-refractivity contribution in [2.45, 2.75) is 61.5 Å². The first-order valence-corrected chi connectivity index (χ1v) is 30.4. The number of methoxy groups -OCH3 is 2. The molecule has 4 heterocycles. The highest BCUT2D eigenvalue weighted by atomic mass is 32.2. The number of ether oxygens (including phenoxy) is 5. The van der Waals surface area contributed by atoms with E-state index in [-0.39, 0.29) is 91.0 Å². The van der Waals surface area contributed by atoms with Gasteiger partial charge in [0.2, 0.25) is 35.4 Å². The standard InChI is InChI=1S/C69H60N4O15S/c1-35-8-4-13-50(49(35)32-74)86-33-42(31-71-56(76)28-40-19-18-38-17-16-36-9-5-10-37-20-21-44(40)58(38)57(36)37)72-64(78)48-27-41-12-6-14-51(59(41)63(77)60(48)65(72)79)87-34-43(73-66(80)61-52-22-23-53(88-52)62(61)67(73)81)30-70-55(75)24-25-89-54-15-7-11-39-26-46(68(82)84-2)47(29-45(39)54)69(83)85-3/h4-23,26,29,32,42-43,48,52-53,60-63,77H,24-25,27-28,30-31,33-34H2,1-3H3,(H,70,75)(H,71,76)/t42?,43?,48?,52-,53+,60?,61-,62+,63?. The van der Waals surface area contributed by atoms with Crippen LogP contribution >= 0.6 is 11.8 Å². The second-order valence-electron chi connectivity index (χ2n) is 23.1. The second kappa shape index (κ2) is 23.9. The molecule has 20 heteroatoms. The molecule has 89 heavy (non-hydrogen) atoms. The lowest BCUT2D eigenvalue weighted by Gasteiger charge is -2.32. The van der Waals surface area contributed by atoms with Gasteiger partial charge in [-0.1, -0.05) is 103 Å². The van der Waals surface area contributed by atoms with Crippen molar-refractivity contribution >= 4 is 109 Å². The van der Waals surface area contributed by atoms with Crippen molar-refractivity contribution in [1.29, 1.82) is 0 Å². The number of nitrogens with one attached hydrogen (secondary N) is 2. The van der Waals surface area contributed by atoms with Gasteiger partial charge in [0.15, 0.2) is 6.29 Å². The van der Waals surface area contributed by atoms with Crippen molar-refractivity contribution in [2.24, 2.45) is 23.7 Å². The zero-order valence-corrected chi connectivity index (χ0v) is 49.4. The molecule has 0 radical (unpaired) electrons. The minimum atomic E-state index is -1.59. The lowest BCUT2D eigenvalue weighted by atomic mass is 9.75. The van der Waals surface area contributed by atoms with Crippen molar-refractivity contribution in [3.63, 3.8) is 0 Å². The number of hydrogen-bond acceptors (Lipinski definition) is 16. The molecule has 6 amide bonds. The Morgan fingerprint density at radius 3 is 1.92 bits per heavy atom. The first kappa shape index (κ1) is 58.5. The highest BCUT2D eigenvalue weighted by Gasteiger charge is 2.62. The Balaban J connectivity index is 0.723. The Labute approximate surface area is 513 Å². The molecular weight excluding hydrogens is 1160 g/mol. The quantitative estimate of drug-likeness (QED) is 0.0158. The molecule has 5 unspecified atom stereocenters. The summed E-state index contributed by atoms with van der Waals surface area (Å²) in [6.07, 6.45) is 1.43. The average Bonchev–Trinajstić information content (AvgIpc) is 1.68. The Morgan fingerprint density at radius 2 is 1.22 bits per heavy atom. The zero-order chi connectivity index (χ0) is 61.9. The van der Waals surface area contributed by atoms with Crippen LogP contribution in [0.3, 0.4) is 0 Å². The highest BCUT2D eigenvalue weighted by Crippen LogP contribution is 2.49. The number of amides is 6. The molecule has 19 nitrogen and oxygen atoms in total. The molecule has 0 spiro atoms. The number of carbonyl (C=O) groups excluding carboxylic acids is 9. The average molecular weight is 1220 g/mol. The summed E-state index contributed by atoms with van der Waals surface area (Å²) >= 11 is 1.34. The number of rotatable bonds is 21. The molecule has 1 aliphatic carbocycles. The Morgan fingerprint density at radius 1 is 0.652 bits per heavy atom. The Hall–Kier alpha value is -9.50. The fourth-order valence-electron chi connectivity index (χ4n) is 13.8. The number of fused-ring (bicyclic) bond motifs is 8. The van der Waals surface area contributed by atoms with Crippen LogP contribution < -0.4 is 20.1 Å². The van der Waals surface area contributed by atoms with Crippen LogP contribution in [-0.2, 0) is 55.8 Å². The van der Waals surface area contributed by atoms with Gasteiger partial charge in [-0.05, 0) is 103 Å². The number of nitrogens with zero attached hydrogens (tertiary/aromatic N) is 2. The van der Waals surface area contributed by atoms with E-state index in [1.165, 1.54) is 26.0 Å². The minimum absolute atomic E-state index is 0.00795. The normalized spacial score (nSPS) is 21.3. The van der Waals surface area contributed by atoms with Gasteiger partial charge in [-0.2, -0.15) is 0 Å². The summed E-state index contributed by atoms with van der Waals surface area (Å²) in [7, 11) is 2.43. The topological polar surface area (TPSA) is 251 Å². The van der Waals surface area contributed by atoms with E-state index in [1.807, 2.05) is 36.4 Å². The molecule has 8 aromatic rings. The minimum Gasteiger partial charge on any atom is -0.491 e. The molecule has 8 aromatic carbocycles. The van der Waals surface area contributed by atoms with Crippen molar-refractivity contribution in [1.82, 2.24) is 20.4 Å². The maximum Gasteiger partial charge on any atom is 0.338 e. The number of carbonyl (C=O) groups is 9. The number of aldehydes is 1. The van der Waals surface area contributed by atoms with E-state index in [2.05, 4.69) is 34.9 Å². The van der Waals surface area contributed by atoms with Gasteiger partial charge in [-0.25, -0.2) is 9.59 Å². The lowest BCUT2D eigenvalue weighted by Crippen LogP contribution is -2.51. The van der Waals surface area contributed by atoms with E-state index in [4.69, 9.17) is 23.7 Å². The lowest BCUT2D eigenvalue weighted by molar-refractivity contribution is -0.147. The van der Waals surface area contributed by atoms with E-state index in [0.717, 1.165) is 52.6 Å². The van der Waals surface area contributed by atoms with Crippen LogP contribution in [0.4, 0.5) is 0 Å².